The van der Waals surface area contributed by atoms with Gasteiger partial charge in [0, 0.05) is 34.4 Å². The Labute approximate surface area is 173 Å². The van der Waals surface area contributed by atoms with Crippen molar-refractivity contribution in [1.82, 2.24) is 4.57 Å². The number of hydrogen-bond donors (Lipinski definition) is 1. The summed E-state index contributed by atoms with van der Waals surface area (Å²) >= 11 is 1.73. The predicted octanol–water partition coefficient (Wildman–Crippen LogP) is 3.78. The summed E-state index contributed by atoms with van der Waals surface area (Å²) in [5, 5.41) is 2.07. The molecule has 0 aliphatic rings. The lowest BCUT2D eigenvalue weighted by molar-refractivity contribution is 0.0911. The number of hydrogen-bond acceptors (Lipinski definition) is 5. The molecule has 0 atom stereocenters. The maximum atomic E-state index is 12.8. The van der Waals surface area contributed by atoms with Gasteiger partial charge in [-0.2, -0.15) is 0 Å². The number of rotatable bonds is 9. The third-order valence-corrected chi connectivity index (χ3v) is 5.79. The van der Waals surface area contributed by atoms with Crippen molar-refractivity contribution in [3.63, 3.8) is 0 Å². The number of carbonyl (C=O) groups excluding carboxylic acids is 2. The number of amides is 1. The molecule has 3 rings (SSSR count). The number of methoxy groups -OCH3 is 1. The Balaban J connectivity index is 1.73. The van der Waals surface area contributed by atoms with Gasteiger partial charge in [0.05, 0.1) is 12.7 Å². The summed E-state index contributed by atoms with van der Waals surface area (Å²) in [5.74, 6) is -0.0264. The van der Waals surface area contributed by atoms with E-state index in [0.29, 0.717) is 11.3 Å². The summed E-state index contributed by atoms with van der Waals surface area (Å²) in [7, 11) is 1.51. The standard InChI is InChI=1S/C22H24N2O4S/c1-14-11-19(15(2)24(14)9-8-17-5-4-10-29-17)20(25)13-28-21-12-16(27-3)6-7-18(21)22(23)26/h4-7,10-12H,8-9,13H2,1-3H3,(H2,23,26). The highest BCUT2D eigenvalue weighted by molar-refractivity contribution is 7.09. The topological polar surface area (TPSA) is 83.6 Å². The van der Waals surface area contributed by atoms with Crippen LogP contribution in [-0.4, -0.2) is 30.0 Å². The fourth-order valence-corrected chi connectivity index (χ4v) is 3.98. The molecule has 6 nitrogen and oxygen atoms in total. The van der Waals surface area contributed by atoms with Gasteiger partial charge in [-0.05, 0) is 49.9 Å². The molecule has 0 fully saturated rings. The molecule has 0 bridgehead atoms. The Morgan fingerprint density at radius 3 is 2.59 bits per heavy atom. The lowest BCUT2D eigenvalue weighted by atomic mass is 10.1. The zero-order chi connectivity index (χ0) is 21.0. The van der Waals surface area contributed by atoms with Crippen molar-refractivity contribution in [2.45, 2.75) is 26.8 Å². The molecule has 7 heteroatoms. The molecule has 0 unspecified atom stereocenters. The Bertz CT molecular complexity index is 1020. The molecule has 1 amide bonds. The fraction of sp³-hybridized carbons (Fsp3) is 0.273. The normalized spacial score (nSPS) is 10.7. The van der Waals surface area contributed by atoms with Gasteiger partial charge < -0.3 is 19.8 Å². The average molecular weight is 413 g/mol. The van der Waals surface area contributed by atoms with E-state index in [-0.39, 0.29) is 23.7 Å². The molecular weight excluding hydrogens is 388 g/mol. The molecule has 0 radical (unpaired) electrons. The minimum Gasteiger partial charge on any atom is -0.497 e. The number of Topliss-reactive ketones (excluding diaryl/α,β-unsaturated/α-hetero) is 1. The van der Waals surface area contributed by atoms with Crippen molar-refractivity contribution >= 4 is 23.0 Å². The molecule has 0 saturated carbocycles. The number of aromatic nitrogens is 1. The Morgan fingerprint density at radius 1 is 1.14 bits per heavy atom. The highest BCUT2D eigenvalue weighted by Crippen LogP contribution is 2.25. The van der Waals surface area contributed by atoms with Crippen LogP contribution in [0.5, 0.6) is 11.5 Å². The Hall–Kier alpha value is -3.06. The fourth-order valence-electron chi connectivity index (χ4n) is 3.28. The van der Waals surface area contributed by atoms with E-state index in [1.807, 2.05) is 26.0 Å². The van der Waals surface area contributed by atoms with Crippen LogP contribution < -0.4 is 15.2 Å². The van der Waals surface area contributed by atoms with Crippen LogP contribution in [0.25, 0.3) is 0 Å². The Morgan fingerprint density at radius 2 is 1.93 bits per heavy atom. The smallest absolute Gasteiger partial charge is 0.252 e. The van der Waals surface area contributed by atoms with Crippen molar-refractivity contribution in [1.29, 1.82) is 0 Å². The summed E-state index contributed by atoms with van der Waals surface area (Å²) in [6, 6.07) is 10.7. The minimum atomic E-state index is -0.623. The first kappa shape index (κ1) is 20.7. The van der Waals surface area contributed by atoms with Gasteiger partial charge in [0.15, 0.2) is 6.61 Å². The van der Waals surface area contributed by atoms with E-state index in [4.69, 9.17) is 15.2 Å². The van der Waals surface area contributed by atoms with Crippen LogP contribution in [-0.2, 0) is 13.0 Å². The minimum absolute atomic E-state index is 0.154. The van der Waals surface area contributed by atoms with Gasteiger partial charge >= 0.3 is 0 Å². The van der Waals surface area contributed by atoms with Crippen LogP contribution in [0.1, 0.15) is 37.0 Å². The third-order valence-electron chi connectivity index (χ3n) is 4.85. The number of ketones is 1. The molecule has 2 aromatic heterocycles. The summed E-state index contributed by atoms with van der Waals surface area (Å²) in [6.07, 6.45) is 0.921. The largest absolute Gasteiger partial charge is 0.497 e. The number of nitrogens with zero attached hydrogens (tertiary/aromatic N) is 1. The Kier molecular flexibility index (Phi) is 6.39. The molecule has 0 aliphatic carbocycles. The number of thiophene rings is 1. The van der Waals surface area contributed by atoms with Crippen LogP contribution in [0.3, 0.4) is 0 Å². The summed E-state index contributed by atoms with van der Waals surface area (Å²) < 4.78 is 12.9. The van der Waals surface area contributed by atoms with E-state index in [0.717, 1.165) is 24.4 Å². The molecule has 2 heterocycles. The SMILES string of the molecule is COc1ccc(C(N)=O)c(OCC(=O)c2cc(C)n(CCc3cccs3)c2C)c1. The number of ether oxygens (including phenoxy) is 2. The zero-order valence-corrected chi connectivity index (χ0v) is 17.5. The first-order valence-corrected chi connectivity index (χ1v) is 10.1. The number of primary amides is 1. The van der Waals surface area contributed by atoms with Crippen molar-refractivity contribution in [2.24, 2.45) is 5.73 Å². The van der Waals surface area contributed by atoms with Crippen molar-refractivity contribution in [2.75, 3.05) is 13.7 Å². The van der Waals surface area contributed by atoms with Crippen molar-refractivity contribution in [3.8, 4) is 11.5 Å². The lowest BCUT2D eigenvalue weighted by Gasteiger charge is -2.11. The molecule has 0 aliphatic heterocycles. The molecule has 0 spiro atoms. The highest BCUT2D eigenvalue weighted by Gasteiger charge is 2.18. The first-order valence-electron chi connectivity index (χ1n) is 9.23. The third kappa shape index (κ3) is 4.68. The van der Waals surface area contributed by atoms with Gasteiger partial charge in [-0.15, -0.1) is 11.3 Å². The predicted molar refractivity (Wildman–Crippen MR) is 113 cm³/mol. The van der Waals surface area contributed by atoms with Crippen molar-refractivity contribution < 1.29 is 19.1 Å². The number of nitrogens with two attached hydrogens (primary N) is 1. The van der Waals surface area contributed by atoms with Crippen molar-refractivity contribution in [3.05, 3.63) is 69.2 Å². The van der Waals surface area contributed by atoms with Crippen LogP contribution in [0.4, 0.5) is 0 Å². The van der Waals surface area contributed by atoms with E-state index in [1.54, 1.807) is 23.5 Å². The van der Waals surface area contributed by atoms with E-state index in [2.05, 4.69) is 16.0 Å². The van der Waals surface area contributed by atoms with Crippen LogP contribution in [0.2, 0.25) is 0 Å². The van der Waals surface area contributed by atoms with Gasteiger partial charge in [0.1, 0.15) is 11.5 Å². The first-order chi connectivity index (χ1) is 13.9. The van der Waals surface area contributed by atoms with Gasteiger partial charge in [-0.25, -0.2) is 0 Å². The number of carbonyl (C=O) groups is 2. The van der Waals surface area contributed by atoms with Crippen LogP contribution >= 0.6 is 11.3 Å². The summed E-state index contributed by atoms with van der Waals surface area (Å²) in [4.78, 5) is 25.7. The molecule has 0 saturated heterocycles. The average Bonchev–Trinajstić information content (AvgIpc) is 3.32. The molecule has 1 aromatic carbocycles. The van der Waals surface area contributed by atoms with Gasteiger partial charge in [-0.1, -0.05) is 6.07 Å². The second kappa shape index (κ2) is 8.96. The highest BCUT2D eigenvalue weighted by atomic mass is 32.1. The maximum Gasteiger partial charge on any atom is 0.252 e. The van der Waals surface area contributed by atoms with Gasteiger partial charge in [0.2, 0.25) is 5.78 Å². The molecule has 3 aromatic rings. The van der Waals surface area contributed by atoms with E-state index >= 15 is 0 Å². The molecule has 2 N–H and O–H groups in total. The van der Waals surface area contributed by atoms with Gasteiger partial charge in [0.25, 0.3) is 5.91 Å². The quantitative estimate of drug-likeness (QED) is 0.542. The van der Waals surface area contributed by atoms with E-state index in [1.165, 1.54) is 18.1 Å². The zero-order valence-electron chi connectivity index (χ0n) is 16.7. The van der Waals surface area contributed by atoms with E-state index in [9.17, 15) is 9.59 Å². The number of benzene rings is 1. The van der Waals surface area contributed by atoms with Crippen LogP contribution in [0, 0.1) is 13.8 Å². The van der Waals surface area contributed by atoms with Gasteiger partial charge in [-0.3, -0.25) is 9.59 Å². The second-order valence-electron chi connectivity index (χ2n) is 6.70. The summed E-state index contributed by atoms with van der Waals surface area (Å²) in [6.45, 7) is 4.55. The lowest BCUT2D eigenvalue weighted by Crippen LogP contribution is -2.17. The second-order valence-corrected chi connectivity index (χ2v) is 7.74. The summed E-state index contributed by atoms with van der Waals surface area (Å²) in [5.41, 5.74) is 8.17. The maximum absolute atomic E-state index is 12.8. The van der Waals surface area contributed by atoms with Crippen LogP contribution in [0.15, 0.2) is 41.8 Å². The molecule has 29 heavy (non-hydrogen) atoms. The number of aryl methyl sites for hydroxylation is 2. The van der Waals surface area contributed by atoms with E-state index < -0.39 is 5.91 Å². The monoisotopic (exact) mass is 412 g/mol. The molecular formula is C22H24N2O4S. The molecule has 152 valence electrons.